The van der Waals surface area contributed by atoms with Gasteiger partial charge in [-0.1, -0.05) is 29.6 Å². The van der Waals surface area contributed by atoms with Gasteiger partial charge in [-0.3, -0.25) is 10.1 Å². The number of aromatic nitrogens is 2. The molecular formula is C14H14N4O4S. The summed E-state index contributed by atoms with van der Waals surface area (Å²) in [6, 6.07) is 7.93. The second-order valence-corrected chi connectivity index (χ2v) is 5.10. The molecule has 9 heteroatoms. The number of urea groups is 1. The lowest BCUT2D eigenvalue weighted by molar-refractivity contribution is -0.123. The molecular weight excluding hydrogens is 320 g/mol. The number of aryl methyl sites for hydroxylation is 1. The van der Waals surface area contributed by atoms with Crippen LogP contribution in [-0.4, -0.2) is 34.1 Å². The normalized spacial score (nSPS) is 9.96. The van der Waals surface area contributed by atoms with Crippen molar-refractivity contribution < 1.29 is 19.1 Å². The van der Waals surface area contributed by atoms with Gasteiger partial charge in [0.1, 0.15) is 0 Å². The number of para-hydroxylation sites is 1. The quantitative estimate of drug-likeness (QED) is 0.804. The molecule has 0 fully saturated rings. The van der Waals surface area contributed by atoms with Crippen LogP contribution in [0.4, 0.5) is 10.5 Å². The number of nitrogens with zero attached hydrogens (tertiary/aromatic N) is 2. The van der Waals surface area contributed by atoms with Crippen LogP contribution >= 0.6 is 11.5 Å². The summed E-state index contributed by atoms with van der Waals surface area (Å²) in [6.07, 6.45) is 0.534. The number of rotatable bonds is 5. The number of nitrogens with one attached hydrogen (secondary N) is 2. The summed E-state index contributed by atoms with van der Waals surface area (Å²) in [4.78, 5) is 35.2. The maximum Gasteiger partial charge on any atom is 0.352 e. The summed E-state index contributed by atoms with van der Waals surface area (Å²) in [7, 11) is 0. The monoisotopic (exact) mass is 334 g/mol. The molecule has 0 atom stereocenters. The fraction of sp³-hybridized carbons (Fsp3) is 0.214. The third kappa shape index (κ3) is 4.85. The highest BCUT2D eigenvalue weighted by Gasteiger charge is 2.18. The summed E-state index contributed by atoms with van der Waals surface area (Å²) in [5.41, 5.74) is 1.06. The summed E-state index contributed by atoms with van der Waals surface area (Å²) >= 11 is 0.903. The minimum Gasteiger partial charge on any atom is -0.451 e. The number of hydrogen-bond acceptors (Lipinski definition) is 7. The molecule has 0 aliphatic heterocycles. The first-order valence-corrected chi connectivity index (χ1v) is 7.51. The van der Waals surface area contributed by atoms with Crippen molar-refractivity contribution in [1.29, 1.82) is 0 Å². The van der Waals surface area contributed by atoms with E-state index in [0.717, 1.165) is 11.5 Å². The number of esters is 1. The molecule has 1 aromatic heterocycles. The molecule has 1 heterocycles. The fourth-order valence-electron chi connectivity index (χ4n) is 1.64. The molecule has 0 saturated heterocycles. The van der Waals surface area contributed by atoms with Crippen LogP contribution in [0.25, 0.3) is 0 Å². The highest BCUT2D eigenvalue weighted by molar-refractivity contribution is 7.07. The number of carbonyl (C=O) groups excluding carboxylic acids is 3. The van der Waals surface area contributed by atoms with Crippen molar-refractivity contribution in [3.05, 3.63) is 40.9 Å². The number of benzene rings is 1. The predicted octanol–water partition coefficient (Wildman–Crippen LogP) is 1.61. The van der Waals surface area contributed by atoms with Crippen molar-refractivity contribution >= 4 is 35.1 Å². The molecule has 3 amide bonds. The van der Waals surface area contributed by atoms with Crippen LogP contribution < -0.4 is 10.6 Å². The van der Waals surface area contributed by atoms with E-state index in [1.54, 1.807) is 30.3 Å². The average molecular weight is 334 g/mol. The first-order chi connectivity index (χ1) is 11.1. The molecule has 0 bridgehead atoms. The van der Waals surface area contributed by atoms with E-state index in [-0.39, 0.29) is 4.88 Å². The summed E-state index contributed by atoms with van der Waals surface area (Å²) in [5.74, 6) is -1.42. The fourth-order valence-corrected chi connectivity index (χ4v) is 2.28. The lowest BCUT2D eigenvalue weighted by atomic mass is 10.3. The van der Waals surface area contributed by atoms with Crippen LogP contribution in [-0.2, 0) is 16.0 Å². The Morgan fingerprint density at radius 3 is 2.65 bits per heavy atom. The van der Waals surface area contributed by atoms with Gasteiger partial charge in [-0.05, 0) is 30.1 Å². The summed E-state index contributed by atoms with van der Waals surface area (Å²) < 4.78 is 8.50. The van der Waals surface area contributed by atoms with Crippen LogP contribution in [0.1, 0.15) is 22.3 Å². The number of ether oxygens (including phenoxy) is 1. The zero-order valence-electron chi connectivity index (χ0n) is 12.2. The van der Waals surface area contributed by atoms with E-state index in [1.807, 2.05) is 6.92 Å². The van der Waals surface area contributed by atoms with Gasteiger partial charge in [0, 0.05) is 5.69 Å². The van der Waals surface area contributed by atoms with Gasteiger partial charge in [-0.25, -0.2) is 9.59 Å². The number of imide groups is 1. The second kappa shape index (κ2) is 7.99. The summed E-state index contributed by atoms with van der Waals surface area (Å²) in [5, 5.41) is 8.32. The Labute approximate surface area is 136 Å². The number of hydrogen-bond donors (Lipinski definition) is 2. The van der Waals surface area contributed by atoms with Crippen molar-refractivity contribution in [3.63, 3.8) is 0 Å². The van der Waals surface area contributed by atoms with Gasteiger partial charge < -0.3 is 10.1 Å². The van der Waals surface area contributed by atoms with Crippen molar-refractivity contribution in [2.45, 2.75) is 13.3 Å². The Kier molecular flexibility index (Phi) is 5.75. The molecule has 2 rings (SSSR count). The van der Waals surface area contributed by atoms with Gasteiger partial charge in [0.05, 0.1) is 5.69 Å². The predicted molar refractivity (Wildman–Crippen MR) is 83.2 cm³/mol. The molecule has 0 aliphatic carbocycles. The lowest BCUT2D eigenvalue weighted by Crippen LogP contribution is -2.37. The van der Waals surface area contributed by atoms with Crippen molar-refractivity contribution in [1.82, 2.24) is 14.9 Å². The van der Waals surface area contributed by atoms with Crippen LogP contribution in [0, 0.1) is 0 Å². The standard InChI is InChI=1S/C14H14N4O4S/c1-2-10-12(23-18-17-10)13(20)22-8-11(19)16-14(21)15-9-6-4-3-5-7-9/h3-7H,2,8H2,1H3,(H2,15,16,19,21). The van der Waals surface area contributed by atoms with Crippen LogP contribution in [0.2, 0.25) is 0 Å². The maximum atomic E-state index is 11.8. The Morgan fingerprint density at radius 2 is 1.96 bits per heavy atom. The van der Waals surface area contributed by atoms with E-state index >= 15 is 0 Å². The maximum absolute atomic E-state index is 11.8. The van der Waals surface area contributed by atoms with E-state index in [4.69, 9.17) is 4.74 Å². The van der Waals surface area contributed by atoms with Crippen LogP contribution in [0.5, 0.6) is 0 Å². The molecule has 120 valence electrons. The topological polar surface area (TPSA) is 110 Å². The van der Waals surface area contributed by atoms with E-state index in [0.29, 0.717) is 17.8 Å². The molecule has 0 saturated carbocycles. The SMILES string of the molecule is CCc1nnsc1C(=O)OCC(=O)NC(=O)Nc1ccccc1. The number of carbonyl (C=O) groups is 3. The molecule has 2 aromatic rings. The first-order valence-electron chi connectivity index (χ1n) is 6.74. The molecule has 0 aliphatic rings. The van der Waals surface area contributed by atoms with E-state index in [2.05, 4.69) is 20.2 Å². The zero-order chi connectivity index (χ0) is 16.7. The Morgan fingerprint density at radius 1 is 1.22 bits per heavy atom. The smallest absolute Gasteiger partial charge is 0.352 e. The minimum absolute atomic E-state index is 0.258. The van der Waals surface area contributed by atoms with Gasteiger partial charge in [0.25, 0.3) is 5.91 Å². The Balaban J connectivity index is 1.79. The molecule has 0 radical (unpaired) electrons. The zero-order valence-corrected chi connectivity index (χ0v) is 13.1. The molecule has 23 heavy (non-hydrogen) atoms. The van der Waals surface area contributed by atoms with Gasteiger partial charge in [0.15, 0.2) is 11.5 Å². The minimum atomic E-state index is -0.734. The third-order valence-corrected chi connectivity index (χ3v) is 3.44. The molecule has 8 nitrogen and oxygen atoms in total. The molecule has 1 aromatic carbocycles. The number of anilines is 1. The van der Waals surface area contributed by atoms with Gasteiger partial charge in [0.2, 0.25) is 0 Å². The highest BCUT2D eigenvalue weighted by atomic mass is 32.1. The molecule has 0 unspecified atom stereocenters. The third-order valence-electron chi connectivity index (χ3n) is 2.70. The second-order valence-electron chi connectivity index (χ2n) is 4.35. The first kappa shape index (κ1) is 16.6. The van der Waals surface area contributed by atoms with E-state index in [9.17, 15) is 14.4 Å². The summed E-state index contributed by atoms with van der Waals surface area (Å²) in [6.45, 7) is 1.26. The van der Waals surface area contributed by atoms with Crippen LogP contribution in [0.3, 0.4) is 0 Å². The van der Waals surface area contributed by atoms with Gasteiger partial charge in [-0.2, -0.15) is 0 Å². The van der Waals surface area contributed by atoms with Gasteiger partial charge >= 0.3 is 12.0 Å². The van der Waals surface area contributed by atoms with Crippen molar-refractivity contribution in [3.8, 4) is 0 Å². The van der Waals surface area contributed by atoms with Gasteiger partial charge in [-0.15, -0.1) is 5.10 Å². The number of amides is 3. The molecule has 2 N–H and O–H groups in total. The van der Waals surface area contributed by atoms with Crippen LogP contribution in [0.15, 0.2) is 30.3 Å². The average Bonchev–Trinajstić information content (AvgIpc) is 3.02. The lowest BCUT2D eigenvalue weighted by Gasteiger charge is -2.07. The Hall–Kier alpha value is -2.81. The van der Waals surface area contributed by atoms with E-state index in [1.165, 1.54) is 0 Å². The van der Waals surface area contributed by atoms with Crippen molar-refractivity contribution in [2.75, 3.05) is 11.9 Å². The molecule has 0 spiro atoms. The van der Waals surface area contributed by atoms with E-state index < -0.39 is 24.5 Å². The van der Waals surface area contributed by atoms with Crippen molar-refractivity contribution in [2.24, 2.45) is 0 Å². The highest BCUT2D eigenvalue weighted by Crippen LogP contribution is 2.12. The Bertz CT molecular complexity index is 702. The largest absolute Gasteiger partial charge is 0.451 e.